The molecule has 1 rings (SSSR count). The lowest BCUT2D eigenvalue weighted by atomic mass is 10.2. The maximum absolute atomic E-state index is 11.5. The van der Waals surface area contributed by atoms with Crippen molar-refractivity contribution in [3.63, 3.8) is 0 Å². The number of amides is 1. The highest BCUT2D eigenvalue weighted by Gasteiger charge is 2.15. The maximum Gasteiger partial charge on any atom is 0.297 e. The number of nitrogens with zero attached hydrogens (tertiary/aromatic N) is 3. The molecule has 90 valence electrons. The molecule has 1 aromatic heterocycles. The van der Waals surface area contributed by atoms with Crippen molar-refractivity contribution >= 4 is 5.91 Å². The van der Waals surface area contributed by atoms with E-state index in [0.717, 1.165) is 0 Å². The highest BCUT2D eigenvalue weighted by atomic mass is 16.7. The first-order valence-electron chi connectivity index (χ1n) is 5.01. The summed E-state index contributed by atoms with van der Waals surface area (Å²) < 4.78 is 1.51. The van der Waals surface area contributed by atoms with Gasteiger partial charge in [-0.15, -0.1) is 5.10 Å². The highest BCUT2D eigenvalue weighted by Crippen LogP contribution is 2.04. The van der Waals surface area contributed by atoms with Crippen LogP contribution in [0, 0.1) is 0 Å². The van der Waals surface area contributed by atoms with Crippen LogP contribution in [0.3, 0.4) is 0 Å². The Kier molecular flexibility index (Phi) is 3.97. The van der Waals surface area contributed by atoms with Gasteiger partial charge in [0, 0.05) is 6.54 Å². The third kappa shape index (κ3) is 3.95. The first-order chi connectivity index (χ1) is 7.42. The van der Waals surface area contributed by atoms with Crippen LogP contribution in [-0.4, -0.2) is 33.0 Å². The summed E-state index contributed by atoms with van der Waals surface area (Å²) in [5.74, 6) is -0.418. The van der Waals surface area contributed by atoms with Crippen LogP contribution in [0.4, 0.5) is 0 Å². The summed E-state index contributed by atoms with van der Waals surface area (Å²) in [5, 5.41) is 7.44. The van der Waals surface area contributed by atoms with Gasteiger partial charge in [-0.25, -0.2) is 5.48 Å². The van der Waals surface area contributed by atoms with Gasteiger partial charge < -0.3 is 5.73 Å². The summed E-state index contributed by atoms with van der Waals surface area (Å²) in [6.45, 7) is 6.47. The minimum atomic E-state index is -0.442. The summed E-state index contributed by atoms with van der Waals surface area (Å²) in [7, 11) is 0. The molecule has 7 nitrogen and oxygen atoms in total. The standard InChI is InChI=1S/C9H17N5O2/c1-9(2,3)16-12-8(15)7-6-14(5-4-10)13-11-7/h6H,4-5,10H2,1-3H3,(H,12,15). The van der Waals surface area contributed by atoms with Crippen molar-refractivity contribution in [2.24, 2.45) is 5.73 Å². The van der Waals surface area contributed by atoms with Crippen molar-refractivity contribution in [3.05, 3.63) is 11.9 Å². The fourth-order valence-corrected chi connectivity index (χ4v) is 0.896. The molecule has 1 amide bonds. The minimum absolute atomic E-state index is 0.206. The average molecular weight is 227 g/mol. The molecule has 0 aliphatic carbocycles. The molecular weight excluding hydrogens is 210 g/mol. The quantitative estimate of drug-likeness (QED) is 0.688. The van der Waals surface area contributed by atoms with E-state index in [-0.39, 0.29) is 5.69 Å². The van der Waals surface area contributed by atoms with Gasteiger partial charge in [0.25, 0.3) is 5.91 Å². The van der Waals surface area contributed by atoms with Crippen molar-refractivity contribution in [2.75, 3.05) is 6.54 Å². The Balaban J connectivity index is 2.53. The molecule has 16 heavy (non-hydrogen) atoms. The first kappa shape index (κ1) is 12.6. The fourth-order valence-electron chi connectivity index (χ4n) is 0.896. The number of nitrogens with one attached hydrogen (secondary N) is 1. The van der Waals surface area contributed by atoms with Gasteiger partial charge in [0.15, 0.2) is 5.69 Å². The normalized spacial score (nSPS) is 11.5. The van der Waals surface area contributed by atoms with Gasteiger partial charge in [-0.2, -0.15) is 0 Å². The molecule has 1 heterocycles. The molecule has 0 aliphatic rings. The van der Waals surface area contributed by atoms with E-state index in [1.807, 2.05) is 20.8 Å². The maximum atomic E-state index is 11.5. The largest absolute Gasteiger partial charge is 0.329 e. The van der Waals surface area contributed by atoms with E-state index in [4.69, 9.17) is 10.6 Å². The summed E-state index contributed by atoms with van der Waals surface area (Å²) >= 11 is 0. The van der Waals surface area contributed by atoms with Crippen LogP contribution in [0.5, 0.6) is 0 Å². The predicted molar refractivity (Wildman–Crippen MR) is 57.4 cm³/mol. The molecule has 0 atom stereocenters. The molecule has 0 fully saturated rings. The molecule has 0 spiro atoms. The third-order valence-electron chi connectivity index (χ3n) is 1.58. The Morgan fingerprint density at radius 2 is 2.31 bits per heavy atom. The molecule has 0 bridgehead atoms. The van der Waals surface area contributed by atoms with Crippen molar-refractivity contribution in [1.82, 2.24) is 20.5 Å². The molecule has 3 N–H and O–H groups in total. The van der Waals surface area contributed by atoms with Crippen LogP contribution in [0.2, 0.25) is 0 Å². The Morgan fingerprint density at radius 3 is 2.88 bits per heavy atom. The van der Waals surface area contributed by atoms with E-state index in [0.29, 0.717) is 13.1 Å². The Labute approximate surface area is 93.9 Å². The second kappa shape index (κ2) is 5.04. The predicted octanol–water partition coefficient (Wildman–Crippen LogP) is -0.303. The third-order valence-corrected chi connectivity index (χ3v) is 1.58. The van der Waals surface area contributed by atoms with E-state index in [2.05, 4.69) is 15.8 Å². The second-order valence-electron chi connectivity index (χ2n) is 4.30. The van der Waals surface area contributed by atoms with Crippen LogP contribution < -0.4 is 11.2 Å². The molecule has 0 unspecified atom stereocenters. The lowest BCUT2D eigenvalue weighted by molar-refractivity contribution is -0.0591. The number of hydrogen-bond acceptors (Lipinski definition) is 5. The zero-order valence-corrected chi connectivity index (χ0v) is 9.73. The van der Waals surface area contributed by atoms with E-state index in [1.54, 1.807) is 0 Å². The van der Waals surface area contributed by atoms with Gasteiger partial charge in [0.1, 0.15) is 0 Å². The lowest BCUT2D eigenvalue weighted by Gasteiger charge is -2.18. The molecule has 7 heteroatoms. The average Bonchev–Trinajstić information content (AvgIpc) is 2.62. The van der Waals surface area contributed by atoms with E-state index in [1.165, 1.54) is 10.9 Å². The summed E-state index contributed by atoms with van der Waals surface area (Å²) in [5.41, 5.74) is 7.42. The van der Waals surface area contributed by atoms with Gasteiger partial charge in [0.05, 0.1) is 18.3 Å². The van der Waals surface area contributed by atoms with Gasteiger partial charge in [-0.1, -0.05) is 5.21 Å². The van der Waals surface area contributed by atoms with E-state index >= 15 is 0 Å². The molecule has 1 aromatic rings. The van der Waals surface area contributed by atoms with Gasteiger partial charge in [0.2, 0.25) is 0 Å². The number of nitrogens with two attached hydrogens (primary N) is 1. The SMILES string of the molecule is CC(C)(C)ONC(=O)c1cn(CCN)nn1. The van der Waals surface area contributed by atoms with Crippen molar-refractivity contribution in [1.29, 1.82) is 0 Å². The molecule has 0 aromatic carbocycles. The number of carbonyl (C=O) groups is 1. The lowest BCUT2D eigenvalue weighted by Crippen LogP contribution is -2.33. The summed E-state index contributed by atoms with van der Waals surface area (Å²) in [4.78, 5) is 16.6. The summed E-state index contributed by atoms with van der Waals surface area (Å²) in [6, 6.07) is 0. The Morgan fingerprint density at radius 1 is 1.62 bits per heavy atom. The molecule has 0 radical (unpaired) electrons. The number of hydroxylamine groups is 1. The zero-order chi connectivity index (χ0) is 12.2. The molecule has 0 saturated carbocycles. The van der Waals surface area contributed by atoms with Crippen molar-refractivity contribution < 1.29 is 9.63 Å². The van der Waals surface area contributed by atoms with Crippen LogP contribution in [0.1, 0.15) is 31.3 Å². The van der Waals surface area contributed by atoms with Gasteiger partial charge in [-0.3, -0.25) is 14.3 Å². The molecular formula is C9H17N5O2. The Bertz CT molecular complexity index is 355. The fraction of sp³-hybridized carbons (Fsp3) is 0.667. The van der Waals surface area contributed by atoms with Crippen molar-refractivity contribution in [3.8, 4) is 0 Å². The summed E-state index contributed by atoms with van der Waals surface area (Å²) in [6.07, 6.45) is 1.52. The van der Waals surface area contributed by atoms with Crippen LogP contribution in [-0.2, 0) is 11.4 Å². The first-order valence-corrected chi connectivity index (χ1v) is 5.01. The monoisotopic (exact) mass is 227 g/mol. The van der Waals surface area contributed by atoms with Crippen LogP contribution >= 0.6 is 0 Å². The molecule has 0 aliphatic heterocycles. The Hall–Kier alpha value is -1.47. The van der Waals surface area contributed by atoms with E-state index < -0.39 is 11.5 Å². The van der Waals surface area contributed by atoms with Gasteiger partial charge in [-0.05, 0) is 20.8 Å². The number of rotatable bonds is 4. The van der Waals surface area contributed by atoms with Crippen LogP contribution in [0.15, 0.2) is 6.20 Å². The van der Waals surface area contributed by atoms with Crippen LogP contribution in [0.25, 0.3) is 0 Å². The van der Waals surface area contributed by atoms with Crippen molar-refractivity contribution in [2.45, 2.75) is 32.9 Å². The smallest absolute Gasteiger partial charge is 0.297 e. The van der Waals surface area contributed by atoms with Gasteiger partial charge >= 0.3 is 0 Å². The topological polar surface area (TPSA) is 95.1 Å². The molecule has 0 saturated heterocycles. The highest BCUT2D eigenvalue weighted by molar-refractivity contribution is 5.91. The second-order valence-corrected chi connectivity index (χ2v) is 4.30. The van der Waals surface area contributed by atoms with E-state index in [9.17, 15) is 4.79 Å². The number of aromatic nitrogens is 3. The minimum Gasteiger partial charge on any atom is -0.329 e. The zero-order valence-electron chi connectivity index (χ0n) is 9.73. The number of carbonyl (C=O) groups excluding carboxylic acids is 1. The number of hydrogen-bond donors (Lipinski definition) is 2.